The quantitative estimate of drug-likeness (QED) is 0.910. The molecule has 25 heavy (non-hydrogen) atoms. The molecule has 0 bridgehead atoms. The minimum absolute atomic E-state index is 0.0538. The minimum atomic E-state index is -0.236. The van der Waals surface area contributed by atoms with Crippen LogP contribution >= 0.6 is 0 Å². The highest BCUT2D eigenvalue weighted by atomic mass is 16.5. The molecule has 1 aliphatic rings. The molecule has 5 nitrogen and oxygen atoms in total. The number of anilines is 1. The van der Waals surface area contributed by atoms with E-state index in [-0.39, 0.29) is 18.4 Å². The fraction of sp³-hybridized carbons (Fsp3) is 0.300. The fourth-order valence-electron chi connectivity index (χ4n) is 2.85. The summed E-state index contributed by atoms with van der Waals surface area (Å²) < 4.78 is 5.48. The summed E-state index contributed by atoms with van der Waals surface area (Å²) in [6.45, 7) is 3.57. The molecule has 0 unspecified atom stereocenters. The van der Waals surface area contributed by atoms with E-state index in [9.17, 15) is 9.59 Å². The second-order valence-electron chi connectivity index (χ2n) is 6.23. The molecule has 1 N–H and O–H groups in total. The Bertz CT molecular complexity index is 750. The van der Waals surface area contributed by atoms with Crippen molar-refractivity contribution in [1.82, 2.24) is 4.90 Å². The Hall–Kier alpha value is -2.82. The summed E-state index contributed by atoms with van der Waals surface area (Å²) in [5, 5.41) is 2.77. The molecule has 0 radical (unpaired) electrons. The van der Waals surface area contributed by atoms with Crippen LogP contribution in [-0.2, 0) is 4.79 Å². The molecule has 0 aromatic heterocycles. The Morgan fingerprint density at radius 2 is 1.80 bits per heavy atom. The molecule has 0 saturated carbocycles. The van der Waals surface area contributed by atoms with Gasteiger partial charge in [-0.05, 0) is 61.7 Å². The first-order valence-corrected chi connectivity index (χ1v) is 8.50. The molecule has 0 atom stereocenters. The van der Waals surface area contributed by atoms with E-state index in [0.29, 0.717) is 17.0 Å². The maximum Gasteiger partial charge on any atom is 0.262 e. The molecule has 1 heterocycles. The average Bonchev–Trinajstić information content (AvgIpc) is 3.15. The van der Waals surface area contributed by atoms with Gasteiger partial charge in [-0.2, -0.15) is 0 Å². The van der Waals surface area contributed by atoms with E-state index in [1.54, 1.807) is 24.3 Å². The molecule has 5 heteroatoms. The average molecular weight is 338 g/mol. The lowest BCUT2D eigenvalue weighted by molar-refractivity contribution is -0.118. The number of nitrogens with one attached hydrogen (secondary N) is 1. The molecular formula is C20H22N2O3. The van der Waals surface area contributed by atoms with E-state index < -0.39 is 0 Å². The predicted molar refractivity (Wildman–Crippen MR) is 96.9 cm³/mol. The van der Waals surface area contributed by atoms with E-state index in [1.807, 2.05) is 36.1 Å². The molecule has 2 amide bonds. The van der Waals surface area contributed by atoms with Crippen LogP contribution in [0, 0.1) is 6.92 Å². The van der Waals surface area contributed by atoms with Gasteiger partial charge in [0.15, 0.2) is 6.61 Å². The number of benzene rings is 2. The van der Waals surface area contributed by atoms with Crippen LogP contribution in [-0.4, -0.2) is 36.4 Å². The van der Waals surface area contributed by atoms with Crippen LogP contribution in [0.5, 0.6) is 5.75 Å². The fourth-order valence-corrected chi connectivity index (χ4v) is 2.85. The van der Waals surface area contributed by atoms with E-state index >= 15 is 0 Å². The van der Waals surface area contributed by atoms with Crippen LogP contribution in [0.1, 0.15) is 28.8 Å². The van der Waals surface area contributed by atoms with Crippen LogP contribution < -0.4 is 10.1 Å². The summed E-state index contributed by atoms with van der Waals surface area (Å²) in [4.78, 5) is 26.1. The summed E-state index contributed by atoms with van der Waals surface area (Å²) in [5.41, 5.74) is 2.38. The van der Waals surface area contributed by atoms with Crippen molar-refractivity contribution >= 4 is 17.5 Å². The van der Waals surface area contributed by atoms with Gasteiger partial charge < -0.3 is 15.0 Å². The first-order chi connectivity index (χ1) is 12.1. The Kier molecular flexibility index (Phi) is 5.33. The minimum Gasteiger partial charge on any atom is -0.484 e. The van der Waals surface area contributed by atoms with Crippen molar-refractivity contribution < 1.29 is 14.3 Å². The highest BCUT2D eigenvalue weighted by Gasteiger charge is 2.19. The van der Waals surface area contributed by atoms with Gasteiger partial charge in [0.1, 0.15) is 5.75 Å². The number of amides is 2. The second kappa shape index (κ2) is 7.83. The van der Waals surface area contributed by atoms with Crippen LogP contribution in [0.3, 0.4) is 0 Å². The monoisotopic (exact) mass is 338 g/mol. The number of nitrogens with zero attached hydrogens (tertiary/aromatic N) is 1. The molecule has 2 aromatic carbocycles. The van der Waals surface area contributed by atoms with Gasteiger partial charge in [0, 0.05) is 24.3 Å². The van der Waals surface area contributed by atoms with E-state index in [2.05, 4.69) is 5.32 Å². The zero-order chi connectivity index (χ0) is 17.6. The van der Waals surface area contributed by atoms with Crippen molar-refractivity contribution in [3.8, 4) is 5.75 Å². The number of carbonyl (C=O) groups is 2. The van der Waals surface area contributed by atoms with Gasteiger partial charge in [0.05, 0.1) is 0 Å². The number of rotatable bonds is 5. The van der Waals surface area contributed by atoms with Crippen molar-refractivity contribution in [3.05, 3.63) is 59.7 Å². The zero-order valence-corrected chi connectivity index (χ0v) is 14.3. The van der Waals surface area contributed by atoms with Crippen LogP contribution in [0.15, 0.2) is 48.5 Å². The lowest BCUT2D eigenvalue weighted by atomic mass is 10.2. The van der Waals surface area contributed by atoms with Gasteiger partial charge in [-0.25, -0.2) is 0 Å². The number of hydrogen-bond donors (Lipinski definition) is 1. The largest absolute Gasteiger partial charge is 0.484 e. The number of hydrogen-bond acceptors (Lipinski definition) is 3. The van der Waals surface area contributed by atoms with Gasteiger partial charge in [-0.1, -0.05) is 12.1 Å². The SMILES string of the molecule is Cc1cccc(OCC(=O)Nc2ccc(C(=O)N3CCCC3)cc2)c1. The highest BCUT2D eigenvalue weighted by molar-refractivity contribution is 5.96. The molecule has 1 aliphatic heterocycles. The smallest absolute Gasteiger partial charge is 0.262 e. The zero-order valence-electron chi connectivity index (χ0n) is 14.3. The maximum absolute atomic E-state index is 12.3. The van der Waals surface area contributed by atoms with Crippen LogP contribution in [0.25, 0.3) is 0 Å². The number of carbonyl (C=O) groups excluding carboxylic acids is 2. The van der Waals surface area contributed by atoms with Crippen molar-refractivity contribution in [3.63, 3.8) is 0 Å². The van der Waals surface area contributed by atoms with Crippen molar-refractivity contribution in [2.45, 2.75) is 19.8 Å². The standard InChI is InChI=1S/C20H22N2O3/c1-15-5-4-6-18(13-15)25-14-19(23)21-17-9-7-16(8-10-17)20(24)22-11-2-3-12-22/h4-10,13H,2-3,11-12,14H2,1H3,(H,21,23). The normalized spacial score (nSPS) is 13.6. The second-order valence-corrected chi connectivity index (χ2v) is 6.23. The lowest BCUT2D eigenvalue weighted by Gasteiger charge is -2.15. The molecule has 3 rings (SSSR count). The van der Waals surface area contributed by atoms with Crippen molar-refractivity contribution in [2.75, 3.05) is 25.0 Å². The molecule has 0 aliphatic carbocycles. The molecule has 1 saturated heterocycles. The van der Waals surface area contributed by atoms with E-state index in [1.165, 1.54) is 0 Å². The summed E-state index contributed by atoms with van der Waals surface area (Å²) in [6.07, 6.45) is 2.14. The molecule has 130 valence electrons. The van der Waals surface area contributed by atoms with E-state index in [0.717, 1.165) is 31.5 Å². The summed E-state index contributed by atoms with van der Waals surface area (Å²) in [6, 6.07) is 14.5. The molecule has 1 fully saturated rings. The molecular weight excluding hydrogens is 316 g/mol. The Balaban J connectivity index is 1.52. The molecule has 2 aromatic rings. The lowest BCUT2D eigenvalue weighted by Crippen LogP contribution is -2.27. The molecule has 0 spiro atoms. The van der Waals surface area contributed by atoms with Gasteiger partial charge in [0.2, 0.25) is 0 Å². The van der Waals surface area contributed by atoms with Crippen LogP contribution in [0.4, 0.5) is 5.69 Å². The third-order valence-electron chi connectivity index (χ3n) is 4.17. The first-order valence-electron chi connectivity index (χ1n) is 8.50. The van der Waals surface area contributed by atoms with Crippen molar-refractivity contribution in [2.24, 2.45) is 0 Å². The van der Waals surface area contributed by atoms with Crippen LogP contribution in [0.2, 0.25) is 0 Å². The number of likely N-dealkylation sites (tertiary alicyclic amines) is 1. The summed E-state index contributed by atoms with van der Waals surface area (Å²) in [7, 11) is 0. The van der Waals surface area contributed by atoms with E-state index in [4.69, 9.17) is 4.74 Å². The van der Waals surface area contributed by atoms with Gasteiger partial charge in [0.25, 0.3) is 11.8 Å². The topological polar surface area (TPSA) is 58.6 Å². The Morgan fingerprint density at radius 1 is 1.08 bits per heavy atom. The first kappa shape index (κ1) is 17.0. The summed E-state index contributed by atoms with van der Waals surface area (Å²) >= 11 is 0. The number of aryl methyl sites for hydroxylation is 1. The highest BCUT2D eigenvalue weighted by Crippen LogP contribution is 2.16. The van der Waals surface area contributed by atoms with Crippen molar-refractivity contribution in [1.29, 1.82) is 0 Å². The Labute approximate surface area is 147 Å². The Morgan fingerprint density at radius 3 is 2.48 bits per heavy atom. The number of ether oxygens (including phenoxy) is 1. The predicted octanol–water partition coefficient (Wildman–Crippen LogP) is 3.25. The maximum atomic E-state index is 12.3. The summed E-state index contributed by atoms with van der Waals surface area (Å²) in [5.74, 6) is 0.486. The van der Waals surface area contributed by atoms with Gasteiger partial charge >= 0.3 is 0 Å². The third-order valence-corrected chi connectivity index (χ3v) is 4.17. The third kappa shape index (κ3) is 4.59. The van der Waals surface area contributed by atoms with Gasteiger partial charge in [-0.3, -0.25) is 9.59 Å². The van der Waals surface area contributed by atoms with Gasteiger partial charge in [-0.15, -0.1) is 0 Å².